The monoisotopic (exact) mass is 418 g/mol. The molecule has 3 aromatic heterocycles. The van der Waals surface area contributed by atoms with Crippen LogP contribution < -0.4 is 10.2 Å². The summed E-state index contributed by atoms with van der Waals surface area (Å²) in [5.74, 6) is 1.89. The number of aromatic nitrogens is 6. The fourth-order valence-electron chi connectivity index (χ4n) is 4.41. The standard InChI is InChI=1S/C22H26N8O/c1-3-29-18-7-5-4-6-17(18)25-21(29)15(2)24-22(31)16-10-12-28(13-11-16)20-9-8-19-26-23-14-30(19)27-20/h4-9,14-16H,3,10-13H2,1-2H3,(H,24,31). The first kappa shape index (κ1) is 19.5. The molecule has 9 nitrogen and oxygen atoms in total. The van der Waals surface area contributed by atoms with Gasteiger partial charge in [0.1, 0.15) is 18.0 Å². The zero-order chi connectivity index (χ0) is 21.4. The maximum Gasteiger partial charge on any atom is 0.223 e. The van der Waals surface area contributed by atoms with Gasteiger partial charge in [-0.25, -0.2) is 4.98 Å². The van der Waals surface area contributed by atoms with Gasteiger partial charge in [-0.05, 0) is 51.0 Å². The highest BCUT2D eigenvalue weighted by Gasteiger charge is 2.28. The van der Waals surface area contributed by atoms with Crippen LogP contribution in [0.2, 0.25) is 0 Å². The number of nitrogens with one attached hydrogen (secondary N) is 1. The van der Waals surface area contributed by atoms with Crippen molar-refractivity contribution in [2.75, 3.05) is 18.0 Å². The molecule has 4 aromatic rings. The molecule has 1 unspecified atom stereocenters. The first-order valence-corrected chi connectivity index (χ1v) is 10.8. The summed E-state index contributed by atoms with van der Waals surface area (Å²) in [4.78, 5) is 20.0. The summed E-state index contributed by atoms with van der Waals surface area (Å²) in [6, 6.07) is 11.8. The molecule has 1 aliphatic heterocycles. The lowest BCUT2D eigenvalue weighted by Gasteiger charge is -2.32. The van der Waals surface area contributed by atoms with Crippen LogP contribution in [0, 0.1) is 5.92 Å². The molecule has 0 aliphatic carbocycles. The van der Waals surface area contributed by atoms with E-state index in [9.17, 15) is 4.79 Å². The molecule has 1 fully saturated rings. The Morgan fingerprint density at radius 1 is 1.19 bits per heavy atom. The van der Waals surface area contributed by atoms with Gasteiger partial charge in [0, 0.05) is 25.6 Å². The quantitative estimate of drug-likeness (QED) is 0.535. The number of aryl methyl sites for hydroxylation is 1. The van der Waals surface area contributed by atoms with Crippen LogP contribution in [-0.4, -0.2) is 48.4 Å². The molecule has 1 aliphatic rings. The first-order valence-electron chi connectivity index (χ1n) is 10.8. The Labute approximate surface area is 180 Å². The van der Waals surface area contributed by atoms with Gasteiger partial charge in [0.05, 0.1) is 17.1 Å². The van der Waals surface area contributed by atoms with Crippen LogP contribution in [0.3, 0.4) is 0 Å². The molecule has 0 saturated carbocycles. The summed E-state index contributed by atoms with van der Waals surface area (Å²) in [5, 5.41) is 15.6. The summed E-state index contributed by atoms with van der Waals surface area (Å²) >= 11 is 0. The molecule has 0 radical (unpaired) electrons. The van der Waals surface area contributed by atoms with E-state index in [1.54, 1.807) is 10.8 Å². The first-order chi connectivity index (χ1) is 15.1. The van der Waals surface area contributed by atoms with Crippen LogP contribution in [0.5, 0.6) is 0 Å². The number of nitrogens with zero attached hydrogens (tertiary/aromatic N) is 7. The van der Waals surface area contributed by atoms with Gasteiger partial charge in [-0.2, -0.15) is 4.52 Å². The summed E-state index contributed by atoms with van der Waals surface area (Å²) in [6.07, 6.45) is 3.19. The Morgan fingerprint density at radius 2 is 2.00 bits per heavy atom. The highest BCUT2D eigenvalue weighted by molar-refractivity contribution is 5.80. The van der Waals surface area contributed by atoms with Gasteiger partial charge < -0.3 is 14.8 Å². The number of amides is 1. The van der Waals surface area contributed by atoms with Crippen LogP contribution in [0.1, 0.15) is 38.6 Å². The van der Waals surface area contributed by atoms with Gasteiger partial charge in [0.15, 0.2) is 5.65 Å². The van der Waals surface area contributed by atoms with E-state index in [2.05, 4.69) is 43.1 Å². The van der Waals surface area contributed by atoms with Crippen LogP contribution in [-0.2, 0) is 11.3 Å². The molecule has 31 heavy (non-hydrogen) atoms. The van der Waals surface area contributed by atoms with E-state index in [0.29, 0.717) is 0 Å². The van der Waals surface area contributed by atoms with Crippen LogP contribution in [0.4, 0.5) is 5.82 Å². The third-order valence-corrected chi connectivity index (χ3v) is 6.08. The number of rotatable bonds is 5. The Bertz CT molecular complexity index is 1220. The zero-order valence-electron chi connectivity index (χ0n) is 17.8. The Balaban J connectivity index is 1.23. The number of benzene rings is 1. The minimum atomic E-state index is -0.143. The van der Waals surface area contributed by atoms with Gasteiger partial charge >= 0.3 is 0 Å². The van der Waals surface area contributed by atoms with Crippen molar-refractivity contribution in [1.29, 1.82) is 0 Å². The average Bonchev–Trinajstić information content (AvgIpc) is 3.42. The van der Waals surface area contributed by atoms with Gasteiger partial charge in [0.25, 0.3) is 0 Å². The van der Waals surface area contributed by atoms with Crippen molar-refractivity contribution in [3.8, 4) is 0 Å². The zero-order valence-corrected chi connectivity index (χ0v) is 17.8. The molecule has 1 aromatic carbocycles. The van der Waals surface area contributed by atoms with Crippen molar-refractivity contribution in [3.63, 3.8) is 0 Å². The SMILES string of the molecule is CCn1c(C(C)NC(=O)C2CCN(c3ccc4nncn4n3)CC2)nc2ccccc21. The van der Waals surface area contributed by atoms with Crippen LogP contribution in [0.25, 0.3) is 16.7 Å². The van der Waals surface area contributed by atoms with Crippen molar-refractivity contribution in [3.05, 3.63) is 48.5 Å². The van der Waals surface area contributed by atoms with Gasteiger partial charge in [-0.3, -0.25) is 4.79 Å². The van der Waals surface area contributed by atoms with E-state index < -0.39 is 0 Å². The van der Waals surface area contributed by atoms with Crippen molar-refractivity contribution in [2.45, 2.75) is 39.3 Å². The van der Waals surface area contributed by atoms with E-state index in [-0.39, 0.29) is 17.9 Å². The number of carbonyl (C=O) groups is 1. The predicted octanol–water partition coefficient (Wildman–Crippen LogP) is 2.59. The minimum absolute atomic E-state index is 0.00297. The number of piperidine rings is 1. The topological polar surface area (TPSA) is 93.2 Å². The third-order valence-electron chi connectivity index (χ3n) is 6.08. The molecule has 160 valence electrons. The van der Waals surface area contributed by atoms with Gasteiger partial charge in [0.2, 0.25) is 5.91 Å². The molecule has 0 spiro atoms. The maximum absolute atomic E-state index is 13.0. The highest BCUT2D eigenvalue weighted by atomic mass is 16.2. The summed E-state index contributed by atoms with van der Waals surface area (Å²) < 4.78 is 3.85. The third kappa shape index (κ3) is 3.60. The highest BCUT2D eigenvalue weighted by Crippen LogP contribution is 2.24. The molecule has 9 heteroatoms. The lowest BCUT2D eigenvalue weighted by atomic mass is 9.95. The van der Waals surface area contributed by atoms with Crippen LogP contribution in [0.15, 0.2) is 42.7 Å². The number of para-hydroxylation sites is 2. The van der Waals surface area contributed by atoms with E-state index in [1.807, 2.05) is 37.3 Å². The number of carbonyl (C=O) groups excluding carboxylic acids is 1. The lowest BCUT2D eigenvalue weighted by molar-refractivity contribution is -0.126. The van der Waals surface area contributed by atoms with E-state index >= 15 is 0 Å². The predicted molar refractivity (Wildman–Crippen MR) is 118 cm³/mol. The number of anilines is 1. The second-order valence-electron chi connectivity index (χ2n) is 8.02. The number of hydrogen-bond donors (Lipinski definition) is 1. The second kappa shape index (κ2) is 7.98. The Morgan fingerprint density at radius 3 is 2.81 bits per heavy atom. The van der Waals surface area contributed by atoms with E-state index in [4.69, 9.17) is 4.98 Å². The molecular weight excluding hydrogens is 392 g/mol. The Hall–Kier alpha value is -3.49. The molecule has 4 heterocycles. The van der Waals surface area contributed by atoms with Crippen molar-refractivity contribution < 1.29 is 4.79 Å². The largest absolute Gasteiger partial charge is 0.355 e. The number of fused-ring (bicyclic) bond motifs is 2. The minimum Gasteiger partial charge on any atom is -0.355 e. The van der Waals surface area contributed by atoms with Crippen LogP contribution >= 0.6 is 0 Å². The number of hydrogen-bond acceptors (Lipinski definition) is 6. The maximum atomic E-state index is 13.0. The molecule has 5 rings (SSSR count). The van der Waals surface area contributed by atoms with E-state index in [1.165, 1.54) is 0 Å². The lowest BCUT2D eigenvalue weighted by Crippen LogP contribution is -2.42. The fraction of sp³-hybridized carbons (Fsp3) is 0.409. The molecule has 0 bridgehead atoms. The van der Waals surface area contributed by atoms with Crippen molar-refractivity contribution in [2.24, 2.45) is 5.92 Å². The molecule has 1 N–H and O–H groups in total. The summed E-state index contributed by atoms with van der Waals surface area (Å²) in [6.45, 7) is 6.52. The molecule has 1 atom stereocenters. The molecule has 1 saturated heterocycles. The number of imidazole rings is 1. The Kier molecular flexibility index (Phi) is 5.01. The van der Waals surface area contributed by atoms with Crippen molar-refractivity contribution in [1.82, 2.24) is 34.7 Å². The smallest absolute Gasteiger partial charge is 0.223 e. The molecule has 1 amide bonds. The normalized spacial score (nSPS) is 16.1. The summed E-state index contributed by atoms with van der Waals surface area (Å²) in [7, 11) is 0. The fourth-order valence-corrected chi connectivity index (χ4v) is 4.41. The summed E-state index contributed by atoms with van der Waals surface area (Å²) in [5.41, 5.74) is 2.79. The van der Waals surface area contributed by atoms with E-state index in [0.717, 1.165) is 60.8 Å². The average molecular weight is 419 g/mol. The van der Waals surface area contributed by atoms with Crippen molar-refractivity contribution >= 4 is 28.4 Å². The molecular formula is C22H26N8O. The second-order valence-corrected chi connectivity index (χ2v) is 8.02. The van der Waals surface area contributed by atoms with Gasteiger partial charge in [-0.1, -0.05) is 12.1 Å². The van der Waals surface area contributed by atoms with Gasteiger partial charge in [-0.15, -0.1) is 15.3 Å².